The molecule has 1 atom stereocenters. The zero-order valence-electron chi connectivity index (χ0n) is 11.6. The van der Waals surface area contributed by atoms with Crippen molar-refractivity contribution in [3.05, 3.63) is 29.6 Å². The van der Waals surface area contributed by atoms with E-state index in [1.807, 2.05) is 0 Å². The second kappa shape index (κ2) is 8.09. The van der Waals surface area contributed by atoms with Gasteiger partial charge in [0, 0.05) is 0 Å². The first-order chi connectivity index (χ1) is 8.63. The largest absolute Gasteiger partial charge is 0.491 e. The fraction of sp³-hybridized carbons (Fsp3) is 0.600. The fourth-order valence-corrected chi connectivity index (χ4v) is 1.80. The van der Waals surface area contributed by atoms with E-state index in [4.69, 9.17) is 4.74 Å². The number of benzene rings is 1. The monoisotopic (exact) mass is 253 g/mol. The molecule has 0 aliphatic heterocycles. The third-order valence-corrected chi connectivity index (χ3v) is 2.86. The molecule has 0 spiro atoms. The van der Waals surface area contributed by atoms with Crippen LogP contribution in [0.25, 0.3) is 0 Å². The second-order valence-electron chi connectivity index (χ2n) is 4.73. The number of aryl methyl sites for hydroxylation is 1. The fourth-order valence-electron chi connectivity index (χ4n) is 1.80. The highest BCUT2D eigenvalue weighted by Crippen LogP contribution is 2.18. The summed E-state index contributed by atoms with van der Waals surface area (Å²) in [4.78, 5) is 0. The molecule has 0 radical (unpaired) electrons. The summed E-state index contributed by atoms with van der Waals surface area (Å²) in [6.07, 6.45) is 3.44. The molecule has 102 valence electrons. The molecule has 0 bridgehead atoms. The van der Waals surface area contributed by atoms with Crippen molar-refractivity contribution >= 4 is 0 Å². The van der Waals surface area contributed by atoms with Crippen molar-refractivity contribution in [3.8, 4) is 5.75 Å². The Hall–Kier alpha value is -1.09. The molecule has 18 heavy (non-hydrogen) atoms. The van der Waals surface area contributed by atoms with E-state index < -0.39 is 0 Å². The molecule has 0 amide bonds. The first-order valence-corrected chi connectivity index (χ1v) is 6.77. The van der Waals surface area contributed by atoms with Crippen LogP contribution in [0, 0.1) is 12.7 Å². The number of nitrogens with one attached hydrogen (secondary N) is 1. The Kier molecular flexibility index (Phi) is 6.73. The van der Waals surface area contributed by atoms with Gasteiger partial charge >= 0.3 is 0 Å². The van der Waals surface area contributed by atoms with Crippen molar-refractivity contribution < 1.29 is 9.13 Å². The maximum absolute atomic E-state index is 13.1. The molecule has 3 heteroatoms. The Balaban J connectivity index is 2.26. The highest BCUT2D eigenvalue weighted by Gasteiger charge is 2.05. The van der Waals surface area contributed by atoms with E-state index in [-0.39, 0.29) is 11.9 Å². The van der Waals surface area contributed by atoms with Crippen LogP contribution in [0.2, 0.25) is 0 Å². The quantitative estimate of drug-likeness (QED) is 0.714. The summed E-state index contributed by atoms with van der Waals surface area (Å²) in [5, 5.41) is 3.37. The summed E-state index contributed by atoms with van der Waals surface area (Å²) >= 11 is 0. The van der Waals surface area contributed by atoms with E-state index >= 15 is 0 Å². The van der Waals surface area contributed by atoms with Gasteiger partial charge in [-0.1, -0.05) is 6.92 Å². The Bertz CT molecular complexity index is 354. The number of halogens is 1. The van der Waals surface area contributed by atoms with Crippen molar-refractivity contribution in [3.63, 3.8) is 0 Å². The van der Waals surface area contributed by atoms with E-state index in [2.05, 4.69) is 19.2 Å². The molecule has 1 aromatic rings. The average Bonchev–Trinajstić information content (AvgIpc) is 2.34. The van der Waals surface area contributed by atoms with Crippen LogP contribution in [-0.2, 0) is 0 Å². The lowest BCUT2D eigenvalue weighted by Gasteiger charge is -2.15. The molecule has 2 nitrogen and oxygen atoms in total. The first-order valence-electron chi connectivity index (χ1n) is 6.77. The Morgan fingerprint density at radius 2 is 2.11 bits per heavy atom. The molecule has 0 saturated carbocycles. The second-order valence-corrected chi connectivity index (χ2v) is 4.73. The van der Waals surface area contributed by atoms with Gasteiger partial charge in [-0.15, -0.1) is 0 Å². The highest BCUT2D eigenvalue weighted by molar-refractivity contribution is 5.28. The van der Waals surface area contributed by atoms with Gasteiger partial charge in [-0.2, -0.15) is 0 Å². The predicted molar refractivity (Wildman–Crippen MR) is 73.6 cm³/mol. The molecule has 0 aliphatic rings. The van der Waals surface area contributed by atoms with Crippen LogP contribution in [0.4, 0.5) is 4.39 Å². The van der Waals surface area contributed by atoms with Crippen molar-refractivity contribution in [2.24, 2.45) is 0 Å². The Labute approximate surface area is 110 Å². The van der Waals surface area contributed by atoms with E-state index in [0.29, 0.717) is 5.56 Å². The molecule has 1 unspecified atom stereocenters. The maximum atomic E-state index is 13.1. The van der Waals surface area contributed by atoms with E-state index in [1.54, 1.807) is 19.1 Å². The van der Waals surface area contributed by atoms with Crippen molar-refractivity contribution in [2.75, 3.05) is 13.1 Å². The van der Waals surface area contributed by atoms with Crippen molar-refractivity contribution in [1.29, 1.82) is 0 Å². The third-order valence-electron chi connectivity index (χ3n) is 2.86. The van der Waals surface area contributed by atoms with Crippen LogP contribution in [0.5, 0.6) is 5.75 Å². The van der Waals surface area contributed by atoms with E-state index in [1.165, 1.54) is 12.5 Å². The highest BCUT2D eigenvalue weighted by atomic mass is 19.1. The van der Waals surface area contributed by atoms with Gasteiger partial charge in [0.1, 0.15) is 11.6 Å². The molecule has 1 aromatic carbocycles. The molecule has 0 fully saturated rings. The van der Waals surface area contributed by atoms with Gasteiger partial charge in [-0.3, -0.25) is 0 Å². The van der Waals surface area contributed by atoms with Crippen LogP contribution in [-0.4, -0.2) is 19.2 Å². The zero-order chi connectivity index (χ0) is 13.4. The summed E-state index contributed by atoms with van der Waals surface area (Å²) in [6.45, 7) is 8.08. The summed E-state index contributed by atoms with van der Waals surface area (Å²) in [5.74, 6) is 0.571. The lowest BCUT2D eigenvalue weighted by Crippen LogP contribution is -2.19. The van der Waals surface area contributed by atoms with Gasteiger partial charge in [0.2, 0.25) is 0 Å². The van der Waals surface area contributed by atoms with E-state index in [0.717, 1.165) is 31.7 Å². The molecule has 1 rings (SSSR count). The van der Waals surface area contributed by atoms with Gasteiger partial charge in [0.25, 0.3) is 0 Å². The minimum atomic E-state index is -0.182. The zero-order valence-corrected chi connectivity index (χ0v) is 11.6. The normalized spacial score (nSPS) is 12.4. The standard InChI is InChI=1S/C15H24FNO/c1-4-9-17-10-5-6-13(3)18-14-7-8-15(16)12(2)11-14/h7-8,11,13,17H,4-6,9-10H2,1-3H3. The first kappa shape index (κ1) is 15.0. The molecular weight excluding hydrogens is 229 g/mol. The van der Waals surface area contributed by atoms with Crippen LogP contribution >= 0.6 is 0 Å². The summed E-state index contributed by atoms with van der Waals surface area (Å²) < 4.78 is 18.9. The lowest BCUT2D eigenvalue weighted by atomic mass is 10.2. The minimum absolute atomic E-state index is 0.165. The van der Waals surface area contributed by atoms with Gasteiger partial charge in [-0.05, 0) is 70.0 Å². The lowest BCUT2D eigenvalue weighted by molar-refractivity contribution is 0.207. The topological polar surface area (TPSA) is 21.3 Å². The predicted octanol–water partition coefficient (Wildman–Crippen LogP) is 3.68. The summed E-state index contributed by atoms with van der Waals surface area (Å²) in [6, 6.07) is 4.90. The third kappa shape index (κ3) is 5.50. The number of hydrogen-bond acceptors (Lipinski definition) is 2. The molecule has 0 aromatic heterocycles. The Morgan fingerprint density at radius 1 is 1.33 bits per heavy atom. The Morgan fingerprint density at radius 3 is 2.78 bits per heavy atom. The van der Waals surface area contributed by atoms with Gasteiger partial charge in [0.15, 0.2) is 0 Å². The maximum Gasteiger partial charge on any atom is 0.126 e. The van der Waals surface area contributed by atoms with Gasteiger partial charge < -0.3 is 10.1 Å². The van der Waals surface area contributed by atoms with Gasteiger partial charge in [0.05, 0.1) is 6.10 Å². The molecule has 0 saturated heterocycles. The van der Waals surface area contributed by atoms with Gasteiger partial charge in [-0.25, -0.2) is 4.39 Å². The molecule has 1 N–H and O–H groups in total. The van der Waals surface area contributed by atoms with Crippen LogP contribution < -0.4 is 10.1 Å². The SMILES string of the molecule is CCCNCCCC(C)Oc1ccc(F)c(C)c1. The van der Waals surface area contributed by atoms with Crippen molar-refractivity contribution in [2.45, 2.75) is 46.1 Å². The van der Waals surface area contributed by atoms with E-state index in [9.17, 15) is 4.39 Å². The average molecular weight is 253 g/mol. The summed E-state index contributed by atoms with van der Waals surface area (Å²) in [5.41, 5.74) is 0.629. The summed E-state index contributed by atoms with van der Waals surface area (Å²) in [7, 11) is 0. The molecule has 0 aliphatic carbocycles. The number of ether oxygens (including phenoxy) is 1. The number of hydrogen-bond donors (Lipinski definition) is 1. The van der Waals surface area contributed by atoms with Crippen LogP contribution in [0.3, 0.4) is 0 Å². The van der Waals surface area contributed by atoms with Crippen molar-refractivity contribution in [1.82, 2.24) is 5.32 Å². The minimum Gasteiger partial charge on any atom is -0.491 e. The smallest absolute Gasteiger partial charge is 0.126 e. The number of rotatable bonds is 8. The molecular formula is C15H24FNO. The van der Waals surface area contributed by atoms with Crippen LogP contribution in [0.15, 0.2) is 18.2 Å². The van der Waals surface area contributed by atoms with Crippen LogP contribution in [0.1, 0.15) is 38.7 Å². The molecule has 0 heterocycles.